The number of aryl methyl sites for hydroxylation is 1. The first kappa shape index (κ1) is 30.6. The van der Waals surface area contributed by atoms with Gasteiger partial charge in [-0.1, -0.05) is 37.0 Å². The fourth-order valence-corrected chi connectivity index (χ4v) is 4.11. The van der Waals surface area contributed by atoms with Gasteiger partial charge >= 0.3 is 5.97 Å². The third-order valence-corrected chi connectivity index (χ3v) is 6.05. The van der Waals surface area contributed by atoms with Crippen molar-refractivity contribution in [3.8, 4) is 5.69 Å². The van der Waals surface area contributed by atoms with E-state index in [4.69, 9.17) is 28.6 Å². The number of guanidine groups is 1. The molecule has 0 fully saturated rings. The summed E-state index contributed by atoms with van der Waals surface area (Å²) in [6, 6.07) is 2.63. The summed E-state index contributed by atoms with van der Waals surface area (Å²) in [6.07, 6.45) is 0.814. The second kappa shape index (κ2) is 14.3. The minimum absolute atomic E-state index is 0.0292. The summed E-state index contributed by atoms with van der Waals surface area (Å²) in [7, 11) is 0. The van der Waals surface area contributed by atoms with E-state index >= 15 is 0 Å². The highest BCUT2D eigenvalue weighted by Crippen LogP contribution is 2.22. The number of benzene rings is 1. The molecule has 202 valence electrons. The van der Waals surface area contributed by atoms with Gasteiger partial charge in [0.05, 0.1) is 28.6 Å². The molecular formula is C22H29Cl2IN8O4. The summed E-state index contributed by atoms with van der Waals surface area (Å²) in [5.74, 6) is -2.17. The Morgan fingerprint density at radius 1 is 1.14 bits per heavy atom. The van der Waals surface area contributed by atoms with Crippen molar-refractivity contribution in [2.75, 3.05) is 6.54 Å². The van der Waals surface area contributed by atoms with Crippen LogP contribution in [0, 0.1) is 18.3 Å². The molecular weight excluding hydrogens is 638 g/mol. The minimum Gasteiger partial charge on any atom is -0.480 e. The number of hydrogen-bond acceptors (Lipinski definition) is 6. The van der Waals surface area contributed by atoms with Crippen molar-refractivity contribution in [3.63, 3.8) is 0 Å². The third-order valence-electron chi connectivity index (χ3n) is 5.07. The maximum Gasteiger partial charge on any atom is 0.326 e. The fraction of sp³-hybridized carbons (Fsp3) is 0.455. The van der Waals surface area contributed by atoms with Crippen LogP contribution in [-0.4, -0.2) is 62.2 Å². The lowest BCUT2D eigenvalue weighted by Gasteiger charge is -2.22. The smallest absolute Gasteiger partial charge is 0.326 e. The first-order chi connectivity index (χ1) is 17.4. The molecule has 1 aromatic heterocycles. The molecule has 0 saturated carbocycles. The van der Waals surface area contributed by atoms with Gasteiger partial charge in [-0.3, -0.25) is 18.5 Å². The highest BCUT2D eigenvalue weighted by molar-refractivity contribution is 14.1. The van der Waals surface area contributed by atoms with E-state index in [1.54, 1.807) is 25.1 Å². The molecule has 15 heteroatoms. The molecule has 0 aliphatic carbocycles. The number of amides is 2. The summed E-state index contributed by atoms with van der Waals surface area (Å²) in [4.78, 5) is 41.9. The molecule has 1 aromatic carbocycles. The highest BCUT2D eigenvalue weighted by Gasteiger charge is 2.28. The molecule has 2 rings (SSSR count). The van der Waals surface area contributed by atoms with Gasteiger partial charge in [0, 0.05) is 16.6 Å². The number of aromatic nitrogens is 3. The van der Waals surface area contributed by atoms with Crippen molar-refractivity contribution in [1.82, 2.24) is 34.2 Å². The standard InChI is InChI=1S/C22H29Cl2IN8O4/c1-11(2)7-17(21(36)37)30-19(34)16(5-4-6-27-22(26)31-25)29-20(35)18-28-12(3)33(32-18)15-9-13(23)8-14(24)10-15/h8-11,16-17H,4-7H2,1-3H3,(H,29,35)(H,30,34)(H,36,37)(H3,26,27,31)/t16-,17-/m0/s1. The maximum absolute atomic E-state index is 13.0. The van der Waals surface area contributed by atoms with Crippen LogP contribution in [0.2, 0.25) is 10.0 Å². The van der Waals surface area contributed by atoms with Crippen LogP contribution in [0.3, 0.4) is 0 Å². The Morgan fingerprint density at radius 3 is 2.35 bits per heavy atom. The first-order valence-electron chi connectivity index (χ1n) is 11.3. The Hall–Kier alpha value is -2.65. The molecule has 0 aliphatic heterocycles. The number of halogens is 3. The summed E-state index contributed by atoms with van der Waals surface area (Å²) in [5.41, 5.74) is 0.506. The van der Waals surface area contributed by atoms with Crippen molar-refractivity contribution in [2.24, 2.45) is 5.92 Å². The van der Waals surface area contributed by atoms with E-state index in [1.807, 2.05) is 36.7 Å². The predicted octanol–water partition coefficient (Wildman–Crippen LogP) is 2.84. The van der Waals surface area contributed by atoms with E-state index in [0.717, 1.165) is 0 Å². The number of nitrogens with zero attached hydrogens (tertiary/aromatic N) is 3. The van der Waals surface area contributed by atoms with Crippen molar-refractivity contribution in [1.29, 1.82) is 5.41 Å². The van der Waals surface area contributed by atoms with Gasteiger partial charge in [0.2, 0.25) is 11.7 Å². The Balaban J connectivity index is 2.21. The van der Waals surface area contributed by atoms with Gasteiger partial charge in [0.25, 0.3) is 5.91 Å². The molecule has 37 heavy (non-hydrogen) atoms. The van der Waals surface area contributed by atoms with Gasteiger partial charge in [-0.15, -0.1) is 5.10 Å². The van der Waals surface area contributed by atoms with Crippen LogP contribution in [0.1, 0.15) is 49.6 Å². The average molecular weight is 667 g/mol. The zero-order valence-electron chi connectivity index (χ0n) is 20.4. The van der Waals surface area contributed by atoms with Gasteiger partial charge < -0.3 is 21.1 Å². The van der Waals surface area contributed by atoms with Crippen molar-refractivity contribution in [2.45, 2.75) is 52.1 Å². The molecule has 0 saturated heterocycles. The van der Waals surface area contributed by atoms with Crippen LogP contribution in [0.25, 0.3) is 5.69 Å². The summed E-state index contributed by atoms with van der Waals surface area (Å²) < 4.78 is 4.01. The number of rotatable bonds is 12. The van der Waals surface area contributed by atoms with Crippen LogP contribution >= 0.6 is 46.1 Å². The molecule has 0 aliphatic rings. The van der Waals surface area contributed by atoms with E-state index in [1.165, 1.54) is 4.68 Å². The quantitative estimate of drug-likeness (QED) is 0.0659. The van der Waals surface area contributed by atoms with E-state index in [2.05, 4.69) is 29.6 Å². The zero-order chi connectivity index (χ0) is 27.7. The Labute approximate surface area is 238 Å². The molecule has 0 unspecified atom stereocenters. The molecule has 0 spiro atoms. The van der Waals surface area contributed by atoms with Gasteiger partial charge in [0.1, 0.15) is 17.9 Å². The predicted molar refractivity (Wildman–Crippen MR) is 149 cm³/mol. The number of carbonyl (C=O) groups is 3. The number of hydrogen-bond donors (Lipinski definition) is 6. The van der Waals surface area contributed by atoms with Gasteiger partial charge in [-0.25, -0.2) is 14.5 Å². The highest BCUT2D eigenvalue weighted by atomic mass is 127. The summed E-state index contributed by atoms with van der Waals surface area (Å²) >= 11 is 14.0. The normalized spacial score (nSPS) is 12.5. The van der Waals surface area contributed by atoms with Gasteiger partial charge in [-0.05, 0) is 50.3 Å². The maximum atomic E-state index is 13.0. The van der Waals surface area contributed by atoms with Crippen LogP contribution in [-0.2, 0) is 9.59 Å². The number of carboxylic acid groups (broad SMARTS) is 1. The molecule has 12 nitrogen and oxygen atoms in total. The van der Waals surface area contributed by atoms with Crippen LogP contribution in [0.15, 0.2) is 18.2 Å². The van der Waals surface area contributed by atoms with Crippen LogP contribution < -0.4 is 19.5 Å². The van der Waals surface area contributed by atoms with E-state index in [-0.39, 0.29) is 30.5 Å². The molecule has 2 aromatic rings. The average Bonchev–Trinajstić information content (AvgIpc) is 3.20. The van der Waals surface area contributed by atoms with E-state index < -0.39 is 29.9 Å². The molecule has 2 amide bonds. The molecule has 2 atom stereocenters. The number of aliphatic carboxylic acids is 1. The summed E-state index contributed by atoms with van der Waals surface area (Å²) in [6.45, 7) is 5.69. The van der Waals surface area contributed by atoms with Gasteiger partial charge in [-0.2, -0.15) is 0 Å². The second-order valence-corrected chi connectivity index (χ2v) is 10.0. The SMILES string of the molecule is Cc1nc(C(=O)N[C@@H](CCCNC(=N)NI)C(=O)N[C@@H](CC(C)C)C(=O)O)nn1-c1cc(Cl)cc(Cl)c1. The van der Waals surface area contributed by atoms with Crippen LogP contribution in [0.5, 0.6) is 0 Å². The third kappa shape index (κ3) is 9.63. The number of carbonyl (C=O) groups excluding carboxylic acids is 2. The Morgan fingerprint density at radius 2 is 1.78 bits per heavy atom. The fourth-order valence-electron chi connectivity index (χ4n) is 3.40. The lowest BCUT2D eigenvalue weighted by molar-refractivity contribution is -0.142. The second-order valence-electron chi connectivity index (χ2n) is 8.62. The van der Waals surface area contributed by atoms with Gasteiger partial charge in [0.15, 0.2) is 5.96 Å². The molecule has 0 radical (unpaired) electrons. The minimum atomic E-state index is -1.16. The van der Waals surface area contributed by atoms with Crippen molar-refractivity contribution >= 4 is 69.8 Å². The lowest BCUT2D eigenvalue weighted by Crippen LogP contribution is -2.52. The molecule has 6 N–H and O–H groups in total. The molecule has 0 bridgehead atoms. The topological polar surface area (TPSA) is 174 Å². The first-order valence-corrected chi connectivity index (χ1v) is 13.2. The van der Waals surface area contributed by atoms with Crippen LogP contribution in [0.4, 0.5) is 0 Å². The van der Waals surface area contributed by atoms with Crippen molar-refractivity contribution in [3.05, 3.63) is 39.9 Å². The number of carboxylic acids is 1. The lowest BCUT2D eigenvalue weighted by atomic mass is 10.0. The Bertz CT molecular complexity index is 1120. The Kier molecular flexibility index (Phi) is 11.8. The van der Waals surface area contributed by atoms with E-state index in [0.29, 0.717) is 34.5 Å². The van der Waals surface area contributed by atoms with Crippen molar-refractivity contribution < 1.29 is 19.5 Å². The monoisotopic (exact) mass is 666 g/mol. The largest absolute Gasteiger partial charge is 0.480 e. The zero-order valence-corrected chi connectivity index (χ0v) is 24.1. The number of nitrogens with one attached hydrogen (secondary N) is 5. The molecule has 1 heterocycles. The van der Waals surface area contributed by atoms with E-state index in [9.17, 15) is 19.5 Å². The summed E-state index contributed by atoms with van der Waals surface area (Å²) in [5, 5.41) is 30.0.